The number of hydrogen-bond acceptors (Lipinski definition) is 2. The van der Waals surface area contributed by atoms with Gasteiger partial charge in [-0.3, -0.25) is 0 Å². The zero-order chi connectivity index (χ0) is 19.4. The van der Waals surface area contributed by atoms with Crippen molar-refractivity contribution in [3.8, 4) is 0 Å². The lowest BCUT2D eigenvalue weighted by atomic mass is 10.1. The average Bonchev–Trinajstić information content (AvgIpc) is 2.82. The summed E-state index contributed by atoms with van der Waals surface area (Å²) in [5.74, 6) is -0.823. The molecule has 0 unspecified atom stereocenters. The monoisotopic (exact) mass is 368 g/mol. The van der Waals surface area contributed by atoms with Gasteiger partial charge in [0.25, 0.3) is 0 Å². The zero-order valence-electron chi connectivity index (χ0n) is 16.8. The highest BCUT2D eigenvalue weighted by Crippen LogP contribution is 2.25. The minimum absolute atomic E-state index is 0.473. The number of nitrogens with one attached hydrogen (secondary N) is 1. The van der Waals surface area contributed by atoms with E-state index in [-0.39, 0.29) is 0 Å². The minimum atomic E-state index is -0.823. The van der Waals surface area contributed by atoms with E-state index in [0.717, 1.165) is 17.0 Å². The molecule has 4 heteroatoms. The molecular weight excluding hydrogens is 336 g/mol. The van der Waals surface area contributed by atoms with Crippen molar-refractivity contribution in [1.82, 2.24) is 9.88 Å². The zero-order valence-corrected chi connectivity index (χ0v) is 16.8. The maximum absolute atomic E-state index is 12.0. The molecule has 1 aliphatic carbocycles. The molecule has 1 fully saturated rings. The lowest BCUT2D eigenvalue weighted by Crippen LogP contribution is -2.28. The van der Waals surface area contributed by atoms with Gasteiger partial charge in [-0.2, -0.15) is 0 Å². The number of hydrogen-bond donors (Lipinski definition) is 2. The van der Waals surface area contributed by atoms with Crippen molar-refractivity contribution in [2.24, 2.45) is 0 Å². The Morgan fingerprint density at radius 2 is 1.67 bits per heavy atom. The number of aromatic nitrogens is 1. The van der Waals surface area contributed by atoms with Crippen LogP contribution in [0.25, 0.3) is 0 Å². The van der Waals surface area contributed by atoms with E-state index in [2.05, 4.69) is 48.0 Å². The summed E-state index contributed by atoms with van der Waals surface area (Å²) in [6.07, 6.45) is 7.59. The number of nitrogens with zero attached hydrogens (tertiary/aromatic N) is 1. The molecule has 27 heavy (non-hydrogen) atoms. The summed E-state index contributed by atoms with van der Waals surface area (Å²) in [4.78, 5) is 12.0. The molecule has 2 aromatic rings. The quantitative estimate of drug-likeness (QED) is 0.708. The lowest BCUT2D eigenvalue weighted by Gasteiger charge is -2.17. The Labute approximate surface area is 162 Å². The molecule has 0 saturated heterocycles. The molecule has 3 rings (SSSR count). The summed E-state index contributed by atoms with van der Waals surface area (Å²) in [6, 6.07) is 8.97. The third-order valence-corrected chi connectivity index (χ3v) is 6.01. The molecule has 1 heterocycles. The SMILES string of the molecule is Cc1ccc(Cn2c(C)c(CNC3CCCCCC3)c(C(=O)O)c2C)cc1. The van der Waals surface area contributed by atoms with Crippen LogP contribution in [0.1, 0.15) is 77.0 Å². The van der Waals surface area contributed by atoms with Crippen LogP contribution in [-0.4, -0.2) is 21.7 Å². The van der Waals surface area contributed by atoms with Gasteiger partial charge in [-0.1, -0.05) is 55.5 Å². The summed E-state index contributed by atoms with van der Waals surface area (Å²) >= 11 is 0. The van der Waals surface area contributed by atoms with Crippen molar-refractivity contribution in [3.05, 3.63) is 57.9 Å². The highest BCUT2D eigenvalue weighted by molar-refractivity contribution is 5.91. The van der Waals surface area contributed by atoms with E-state index in [1.807, 2.05) is 6.92 Å². The molecule has 1 aliphatic rings. The van der Waals surface area contributed by atoms with Gasteiger partial charge >= 0.3 is 5.97 Å². The minimum Gasteiger partial charge on any atom is -0.478 e. The molecule has 1 aromatic carbocycles. The molecule has 0 spiro atoms. The van der Waals surface area contributed by atoms with Gasteiger partial charge in [0.2, 0.25) is 0 Å². The van der Waals surface area contributed by atoms with Crippen molar-refractivity contribution in [1.29, 1.82) is 0 Å². The first-order valence-corrected chi connectivity index (χ1v) is 10.2. The van der Waals surface area contributed by atoms with Crippen LogP contribution in [0.2, 0.25) is 0 Å². The van der Waals surface area contributed by atoms with Gasteiger partial charge in [0.1, 0.15) is 0 Å². The average molecular weight is 369 g/mol. The Hall–Kier alpha value is -2.07. The Morgan fingerprint density at radius 3 is 2.26 bits per heavy atom. The predicted molar refractivity (Wildman–Crippen MR) is 109 cm³/mol. The molecule has 0 radical (unpaired) electrons. The molecule has 146 valence electrons. The van der Waals surface area contributed by atoms with Gasteiger partial charge in [0.05, 0.1) is 5.56 Å². The molecule has 0 bridgehead atoms. The van der Waals surface area contributed by atoms with Crippen LogP contribution in [0, 0.1) is 20.8 Å². The molecule has 0 atom stereocenters. The number of rotatable bonds is 6. The van der Waals surface area contributed by atoms with Crippen molar-refractivity contribution in [2.45, 2.75) is 78.4 Å². The Morgan fingerprint density at radius 1 is 1.04 bits per heavy atom. The Balaban J connectivity index is 1.83. The highest BCUT2D eigenvalue weighted by atomic mass is 16.4. The Bertz CT molecular complexity index is 782. The van der Waals surface area contributed by atoms with Crippen molar-refractivity contribution < 1.29 is 9.90 Å². The Kier molecular flexibility index (Phi) is 6.38. The summed E-state index contributed by atoms with van der Waals surface area (Å²) in [5.41, 5.74) is 5.75. The number of carboxylic acid groups (broad SMARTS) is 1. The standard InChI is InChI=1S/C23H32N2O2/c1-16-10-12-19(13-11-16)15-25-17(2)21(22(18(25)3)23(26)27)14-24-20-8-6-4-5-7-9-20/h10-13,20,24H,4-9,14-15H2,1-3H3,(H,26,27). The van der Waals surface area contributed by atoms with Crippen molar-refractivity contribution >= 4 is 5.97 Å². The van der Waals surface area contributed by atoms with E-state index in [1.165, 1.54) is 49.7 Å². The van der Waals surface area contributed by atoms with Crippen molar-refractivity contribution in [2.75, 3.05) is 0 Å². The van der Waals surface area contributed by atoms with Crippen LogP contribution in [0.4, 0.5) is 0 Å². The van der Waals surface area contributed by atoms with Gasteiger partial charge < -0.3 is 15.0 Å². The van der Waals surface area contributed by atoms with Crippen molar-refractivity contribution in [3.63, 3.8) is 0 Å². The van der Waals surface area contributed by atoms with Crippen LogP contribution in [0.3, 0.4) is 0 Å². The van der Waals surface area contributed by atoms with E-state index in [0.29, 0.717) is 24.7 Å². The van der Waals surface area contributed by atoms with Crippen LogP contribution in [0.5, 0.6) is 0 Å². The molecule has 2 N–H and O–H groups in total. The van der Waals surface area contributed by atoms with Crippen LogP contribution in [-0.2, 0) is 13.1 Å². The van der Waals surface area contributed by atoms with Crippen LogP contribution >= 0.6 is 0 Å². The molecule has 0 aliphatic heterocycles. The molecule has 1 saturated carbocycles. The summed E-state index contributed by atoms with van der Waals surface area (Å²) in [6.45, 7) is 7.41. The smallest absolute Gasteiger partial charge is 0.337 e. The lowest BCUT2D eigenvalue weighted by molar-refractivity contribution is 0.0694. The first kappa shape index (κ1) is 19.7. The third-order valence-electron chi connectivity index (χ3n) is 6.01. The largest absolute Gasteiger partial charge is 0.478 e. The van der Waals surface area contributed by atoms with Gasteiger partial charge in [-0.15, -0.1) is 0 Å². The second kappa shape index (κ2) is 8.75. The summed E-state index contributed by atoms with van der Waals surface area (Å²) in [5, 5.41) is 13.5. The number of carboxylic acids is 1. The van der Waals surface area contributed by atoms with Crippen LogP contribution in [0.15, 0.2) is 24.3 Å². The number of aromatic carboxylic acids is 1. The maximum Gasteiger partial charge on any atom is 0.337 e. The summed E-state index contributed by atoms with van der Waals surface area (Å²) in [7, 11) is 0. The second-order valence-electron chi connectivity index (χ2n) is 7.97. The fourth-order valence-electron chi connectivity index (χ4n) is 4.29. The van der Waals surface area contributed by atoms with E-state index in [1.54, 1.807) is 0 Å². The van der Waals surface area contributed by atoms with E-state index in [4.69, 9.17) is 0 Å². The maximum atomic E-state index is 12.0. The van der Waals surface area contributed by atoms with Crippen LogP contribution < -0.4 is 5.32 Å². The van der Waals surface area contributed by atoms with E-state index in [9.17, 15) is 9.90 Å². The van der Waals surface area contributed by atoms with Gasteiger partial charge in [0.15, 0.2) is 0 Å². The fraction of sp³-hybridized carbons (Fsp3) is 0.522. The van der Waals surface area contributed by atoms with Gasteiger partial charge in [-0.05, 0) is 39.2 Å². The molecule has 1 aromatic heterocycles. The first-order valence-electron chi connectivity index (χ1n) is 10.2. The third kappa shape index (κ3) is 4.62. The number of benzene rings is 1. The molecule has 0 amide bonds. The molecular formula is C23H32N2O2. The normalized spacial score (nSPS) is 15.7. The molecule has 4 nitrogen and oxygen atoms in total. The van der Waals surface area contributed by atoms with E-state index < -0.39 is 5.97 Å². The first-order chi connectivity index (χ1) is 13.0. The topological polar surface area (TPSA) is 54.3 Å². The second-order valence-corrected chi connectivity index (χ2v) is 7.97. The predicted octanol–water partition coefficient (Wildman–Crippen LogP) is 4.97. The van der Waals surface area contributed by atoms with Gasteiger partial charge in [-0.25, -0.2) is 4.79 Å². The number of carbonyl (C=O) groups is 1. The highest BCUT2D eigenvalue weighted by Gasteiger charge is 2.23. The van der Waals surface area contributed by atoms with E-state index >= 15 is 0 Å². The fourth-order valence-corrected chi connectivity index (χ4v) is 4.29. The number of aryl methyl sites for hydroxylation is 1. The summed E-state index contributed by atoms with van der Waals surface area (Å²) < 4.78 is 2.15. The van der Waals surface area contributed by atoms with Gasteiger partial charge in [0, 0.05) is 36.1 Å².